The van der Waals surface area contributed by atoms with Crippen LogP contribution in [0.25, 0.3) is 0 Å². The summed E-state index contributed by atoms with van der Waals surface area (Å²) >= 11 is 0. The van der Waals surface area contributed by atoms with Crippen LogP contribution in [-0.4, -0.2) is 57.1 Å². The van der Waals surface area contributed by atoms with Crippen LogP contribution in [0.15, 0.2) is 42.5 Å². The molecule has 0 atom stereocenters. The number of hydrogen-bond acceptors (Lipinski definition) is 4. The lowest BCUT2D eigenvalue weighted by atomic mass is 10.1. The van der Waals surface area contributed by atoms with Crippen LogP contribution in [0.5, 0.6) is 0 Å². The van der Waals surface area contributed by atoms with Crippen LogP contribution >= 0.6 is 0 Å². The normalized spacial score (nSPS) is 15.2. The van der Waals surface area contributed by atoms with Gasteiger partial charge in [0.15, 0.2) is 0 Å². The maximum atomic E-state index is 13.1. The highest BCUT2D eigenvalue weighted by atomic mass is 32.2. The molecule has 8 heteroatoms. The number of hydrogen-bond donors (Lipinski definition) is 1. The Morgan fingerprint density at radius 2 is 1.60 bits per heavy atom. The minimum Gasteiger partial charge on any atom is -0.369 e. The first-order valence-corrected chi connectivity index (χ1v) is 11.7. The summed E-state index contributed by atoms with van der Waals surface area (Å²) in [6, 6.07) is 11.9. The molecule has 1 aliphatic rings. The lowest BCUT2D eigenvalue weighted by Gasteiger charge is -2.35. The van der Waals surface area contributed by atoms with Crippen molar-refractivity contribution in [2.24, 2.45) is 0 Å². The summed E-state index contributed by atoms with van der Waals surface area (Å²) in [6.07, 6.45) is 0.358. The van der Waals surface area contributed by atoms with Crippen LogP contribution < -0.4 is 10.2 Å². The first-order valence-electron chi connectivity index (χ1n) is 10.1. The zero-order valence-electron chi connectivity index (χ0n) is 17.4. The highest BCUT2D eigenvalue weighted by molar-refractivity contribution is 7.89. The van der Waals surface area contributed by atoms with Gasteiger partial charge in [-0.3, -0.25) is 4.79 Å². The summed E-state index contributed by atoms with van der Waals surface area (Å²) in [5.74, 6) is -0.479. The highest BCUT2D eigenvalue weighted by Crippen LogP contribution is 2.18. The summed E-state index contributed by atoms with van der Waals surface area (Å²) < 4.78 is 39.8. The molecule has 1 aliphatic heterocycles. The molecule has 30 heavy (non-hydrogen) atoms. The van der Waals surface area contributed by atoms with Crippen molar-refractivity contribution < 1.29 is 17.6 Å². The molecular formula is C22H28FN3O3S. The molecule has 0 aliphatic carbocycles. The number of nitrogens with zero attached hydrogens (tertiary/aromatic N) is 2. The molecule has 3 rings (SSSR count). The standard InChI is InChI=1S/C22H28FN3O3S/c1-17-14-18(2)16-19(15-17)22(27)24-8-3-13-30(28,29)26-11-9-25(10-12-26)21-6-4-20(23)5-7-21/h4-7,14-16H,3,8-13H2,1-2H3,(H,24,27). The molecule has 162 valence electrons. The summed E-state index contributed by atoms with van der Waals surface area (Å²) in [7, 11) is -3.38. The van der Waals surface area contributed by atoms with E-state index in [1.54, 1.807) is 12.1 Å². The topological polar surface area (TPSA) is 69.7 Å². The summed E-state index contributed by atoms with van der Waals surface area (Å²) in [5.41, 5.74) is 3.51. The van der Waals surface area contributed by atoms with Gasteiger partial charge in [-0.2, -0.15) is 4.31 Å². The molecule has 1 N–H and O–H groups in total. The molecule has 0 unspecified atom stereocenters. The van der Waals surface area contributed by atoms with E-state index >= 15 is 0 Å². The van der Waals surface area contributed by atoms with Gasteiger partial charge in [0.05, 0.1) is 5.75 Å². The quantitative estimate of drug-likeness (QED) is 0.682. The number of benzene rings is 2. The van der Waals surface area contributed by atoms with Gasteiger partial charge in [-0.05, 0) is 56.7 Å². The molecule has 6 nitrogen and oxygen atoms in total. The Labute approximate surface area is 177 Å². The van der Waals surface area contributed by atoms with Gasteiger partial charge < -0.3 is 10.2 Å². The maximum absolute atomic E-state index is 13.1. The van der Waals surface area contributed by atoms with E-state index in [2.05, 4.69) is 10.2 Å². The van der Waals surface area contributed by atoms with Crippen molar-refractivity contribution in [3.63, 3.8) is 0 Å². The van der Waals surface area contributed by atoms with Crippen LogP contribution in [0.3, 0.4) is 0 Å². The summed E-state index contributed by atoms with van der Waals surface area (Å²) in [4.78, 5) is 14.3. The number of rotatable bonds is 7. The zero-order valence-corrected chi connectivity index (χ0v) is 18.2. The van der Waals surface area contributed by atoms with Crippen molar-refractivity contribution in [1.82, 2.24) is 9.62 Å². The fraction of sp³-hybridized carbons (Fsp3) is 0.409. The Morgan fingerprint density at radius 3 is 2.20 bits per heavy atom. The van der Waals surface area contributed by atoms with E-state index < -0.39 is 10.0 Å². The van der Waals surface area contributed by atoms with Gasteiger partial charge in [-0.1, -0.05) is 17.2 Å². The number of carbonyl (C=O) groups excluding carboxylic acids is 1. The number of nitrogens with one attached hydrogen (secondary N) is 1. The second-order valence-electron chi connectivity index (χ2n) is 7.66. The SMILES string of the molecule is Cc1cc(C)cc(C(=O)NCCCS(=O)(=O)N2CCN(c3ccc(F)cc3)CC2)c1. The first kappa shape index (κ1) is 22.2. The average Bonchev–Trinajstić information content (AvgIpc) is 2.71. The molecule has 0 spiro atoms. The fourth-order valence-corrected chi connectivity index (χ4v) is 5.16. The van der Waals surface area contributed by atoms with Crippen molar-refractivity contribution >= 4 is 21.6 Å². The van der Waals surface area contributed by atoms with Crippen molar-refractivity contribution in [2.45, 2.75) is 20.3 Å². The van der Waals surface area contributed by atoms with E-state index in [0.717, 1.165) is 16.8 Å². The highest BCUT2D eigenvalue weighted by Gasteiger charge is 2.26. The summed E-state index contributed by atoms with van der Waals surface area (Å²) in [6.45, 7) is 6.10. The number of sulfonamides is 1. The maximum Gasteiger partial charge on any atom is 0.251 e. The van der Waals surface area contributed by atoms with Crippen LogP contribution in [0.4, 0.5) is 10.1 Å². The molecule has 1 amide bonds. The third-order valence-corrected chi connectivity index (χ3v) is 7.13. The third kappa shape index (κ3) is 5.79. The molecule has 1 fully saturated rings. The van der Waals surface area contributed by atoms with Gasteiger partial charge in [0.25, 0.3) is 5.91 Å². The van der Waals surface area contributed by atoms with Gasteiger partial charge in [0.1, 0.15) is 5.82 Å². The van der Waals surface area contributed by atoms with Crippen LogP contribution in [0, 0.1) is 19.7 Å². The van der Waals surface area contributed by atoms with Gasteiger partial charge in [-0.15, -0.1) is 0 Å². The molecule has 2 aromatic rings. The molecule has 0 bridgehead atoms. The minimum atomic E-state index is -3.38. The predicted molar refractivity (Wildman–Crippen MR) is 117 cm³/mol. The smallest absolute Gasteiger partial charge is 0.251 e. The second-order valence-corrected chi connectivity index (χ2v) is 9.75. The Kier molecular flexibility index (Phi) is 7.10. The number of aryl methyl sites for hydroxylation is 2. The predicted octanol–water partition coefficient (Wildman–Crippen LogP) is 2.71. The third-order valence-electron chi connectivity index (χ3n) is 5.17. The minimum absolute atomic E-state index is 0.00330. The lowest BCUT2D eigenvalue weighted by Crippen LogP contribution is -2.49. The Morgan fingerprint density at radius 1 is 1.00 bits per heavy atom. The number of amides is 1. The van der Waals surface area contributed by atoms with E-state index in [9.17, 15) is 17.6 Å². The van der Waals surface area contributed by atoms with Crippen molar-refractivity contribution in [2.75, 3.05) is 43.4 Å². The van der Waals surface area contributed by atoms with Crippen molar-refractivity contribution in [1.29, 1.82) is 0 Å². The molecule has 1 saturated heterocycles. The van der Waals surface area contributed by atoms with E-state index in [0.29, 0.717) is 44.7 Å². The Bertz CT molecular complexity index is 965. The largest absolute Gasteiger partial charge is 0.369 e. The zero-order chi connectivity index (χ0) is 21.7. The van der Waals surface area contributed by atoms with E-state index in [1.807, 2.05) is 32.0 Å². The van der Waals surface area contributed by atoms with E-state index in [-0.39, 0.29) is 17.5 Å². The monoisotopic (exact) mass is 433 g/mol. The van der Waals surface area contributed by atoms with Crippen molar-refractivity contribution in [3.05, 3.63) is 65.0 Å². The average molecular weight is 434 g/mol. The summed E-state index contributed by atoms with van der Waals surface area (Å²) in [5, 5.41) is 2.80. The van der Waals surface area contributed by atoms with E-state index in [4.69, 9.17) is 0 Å². The number of anilines is 1. The number of halogens is 1. The second kappa shape index (κ2) is 9.57. The first-order chi connectivity index (χ1) is 14.2. The molecule has 0 aromatic heterocycles. The van der Waals surface area contributed by atoms with Gasteiger partial charge in [0.2, 0.25) is 10.0 Å². The molecule has 1 heterocycles. The van der Waals surface area contributed by atoms with Crippen LogP contribution in [-0.2, 0) is 10.0 Å². The van der Waals surface area contributed by atoms with E-state index in [1.165, 1.54) is 16.4 Å². The van der Waals surface area contributed by atoms with Gasteiger partial charge in [0, 0.05) is 44.0 Å². The number of piperazine rings is 1. The number of carbonyl (C=O) groups is 1. The molecular weight excluding hydrogens is 405 g/mol. The van der Waals surface area contributed by atoms with Crippen LogP contribution in [0.2, 0.25) is 0 Å². The molecule has 2 aromatic carbocycles. The van der Waals surface area contributed by atoms with Gasteiger partial charge >= 0.3 is 0 Å². The van der Waals surface area contributed by atoms with Crippen molar-refractivity contribution in [3.8, 4) is 0 Å². The lowest BCUT2D eigenvalue weighted by molar-refractivity contribution is 0.0953. The fourth-order valence-electron chi connectivity index (χ4n) is 3.67. The van der Waals surface area contributed by atoms with Crippen LogP contribution in [0.1, 0.15) is 27.9 Å². The van der Waals surface area contributed by atoms with Gasteiger partial charge in [-0.25, -0.2) is 12.8 Å². The Hall–Kier alpha value is -2.45. The Balaban J connectivity index is 1.44. The molecule has 0 radical (unpaired) electrons. The molecule has 0 saturated carbocycles.